The van der Waals surface area contributed by atoms with Gasteiger partial charge in [0, 0.05) is 18.3 Å². The molecule has 0 aromatic heterocycles. The van der Waals surface area contributed by atoms with Gasteiger partial charge in [0.05, 0.1) is 5.41 Å². The Kier molecular flexibility index (Phi) is 8.34. The van der Waals surface area contributed by atoms with Gasteiger partial charge in [0.25, 0.3) is 0 Å². The van der Waals surface area contributed by atoms with Gasteiger partial charge >= 0.3 is 6.61 Å². The molecule has 4 nitrogen and oxygen atoms in total. The Morgan fingerprint density at radius 2 is 1.95 bits per heavy atom. The number of alkyl halides is 2. The zero-order valence-corrected chi connectivity index (χ0v) is 13.8. The van der Waals surface area contributed by atoms with Gasteiger partial charge in [-0.3, -0.25) is 4.79 Å². The molecule has 0 aliphatic carbocycles. The number of anilines is 1. The average Bonchev–Trinajstić information content (AvgIpc) is 2.44. The number of nitrogens with one attached hydrogen (secondary N) is 1. The number of aryl methyl sites for hydroxylation is 1. The van der Waals surface area contributed by atoms with Crippen molar-refractivity contribution in [3.63, 3.8) is 0 Å². The highest BCUT2D eigenvalue weighted by molar-refractivity contribution is 5.95. The second-order valence-electron chi connectivity index (χ2n) is 5.00. The summed E-state index contributed by atoms with van der Waals surface area (Å²) in [5.74, 6) is -0.156. The highest BCUT2D eigenvalue weighted by Crippen LogP contribution is 2.29. The summed E-state index contributed by atoms with van der Waals surface area (Å²) in [6.07, 6.45) is 1.22. The van der Waals surface area contributed by atoms with E-state index in [1.807, 2.05) is 13.8 Å². The van der Waals surface area contributed by atoms with Crippen LogP contribution in [0.1, 0.15) is 32.3 Å². The van der Waals surface area contributed by atoms with Gasteiger partial charge in [0.15, 0.2) is 0 Å². The molecule has 0 heterocycles. The number of hydrogen-bond acceptors (Lipinski definition) is 3. The maximum Gasteiger partial charge on any atom is 0.387 e. The molecule has 1 aromatic carbocycles. The predicted molar refractivity (Wildman–Crippen MR) is 85.8 cm³/mol. The molecular formula is C15H23ClF2N2O2. The molecule has 0 radical (unpaired) electrons. The fourth-order valence-electron chi connectivity index (χ4n) is 2.12. The zero-order chi connectivity index (χ0) is 16.0. The summed E-state index contributed by atoms with van der Waals surface area (Å²) in [6.45, 7) is 2.79. The third kappa shape index (κ3) is 4.81. The second-order valence-corrected chi connectivity index (χ2v) is 5.00. The van der Waals surface area contributed by atoms with Crippen LogP contribution >= 0.6 is 12.4 Å². The minimum absolute atomic E-state index is 0. The van der Waals surface area contributed by atoms with Crippen LogP contribution in [0.25, 0.3) is 0 Å². The van der Waals surface area contributed by atoms with Crippen LogP contribution in [0.4, 0.5) is 14.5 Å². The van der Waals surface area contributed by atoms with Crippen LogP contribution in [-0.2, 0) is 4.79 Å². The van der Waals surface area contributed by atoms with Crippen molar-refractivity contribution in [3.05, 3.63) is 23.8 Å². The van der Waals surface area contributed by atoms with Gasteiger partial charge in [-0.15, -0.1) is 12.4 Å². The van der Waals surface area contributed by atoms with Gasteiger partial charge in [-0.2, -0.15) is 8.78 Å². The molecule has 126 valence electrons. The van der Waals surface area contributed by atoms with Gasteiger partial charge in [-0.05, 0) is 31.4 Å². The third-order valence-corrected chi connectivity index (χ3v) is 3.89. The van der Waals surface area contributed by atoms with Gasteiger partial charge in [-0.1, -0.05) is 19.9 Å². The van der Waals surface area contributed by atoms with Crippen LogP contribution in [0.5, 0.6) is 5.75 Å². The minimum atomic E-state index is -2.90. The van der Waals surface area contributed by atoms with E-state index in [0.29, 0.717) is 24.1 Å². The fraction of sp³-hybridized carbons (Fsp3) is 0.533. The fourth-order valence-corrected chi connectivity index (χ4v) is 2.12. The first-order valence-electron chi connectivity index (χ1n) is 6.95. The molecule has 3 N–H and O–H groups in total. The van der Waals surface area contributed by atoms with Crippen molar-refractivity contribution in [1.82, 2.24) is 0 Å². The zero-order valence-electron chi connectivity index (χ0n) is 13.0. The minimum Gasteiger partial charge on any atom is -0.434 e. The summed E-state index contributed by atoms with van der Waals surface area (Å²) >= 11 is 0. The van der Waals surface area contributed by atoms with E-state index in [1.165, 1.54) is 6.07 Å². The van der Waals surface area contributed by atoms with Crippen molar-refractivity contribution in [2.24, 2.45) is 11.1 Å². The van der Waals surface area contributed by atoms with Crippen molar-refractivity contribution in [2.45, 2.75) is 40.2 Å². The number of carbonyl (C=O) groups is 1. The third-order valence-electron chi connectivity index (χ3n) is 3.89. The molecule has 0 unspecified atom stereocenters. The quantitative estimate of drug-likeness (QED) is 0.797. The van der Waals surface area contributed by atoms with Gasteiger partial charge in [-0.25, -0.2) is 0 Å². The number of hydrogen-bond donors (Lipinski definition) is 2. The lowest BCUT2D eigenvalue weighted by molar-refractivity contribution is -0.125. The van der Waals surface area contributed by atoms with Crippen LogP contribution in [-0.4, -0.2) is 19.1 Å². The first-order valence-corrected chi connectivity index (χ1v) is 6.95. The van der Waals surface area contributed by atoms with E-state index in [2.05, 4.69) is 10.1 Å². The van der Waals surface area contributed by atoms with Crippen molar-refractivity contribution in [3.8, 4) is 5.75 Å². The average molecular weight is 337 g/mol. The Hall–Kier alpha value is -1.40. The standard InChI is InChI=1S/C15H22F2N2O2.ClH/c1-4-15(5-2,9-18)13(20)19-11-7-6-10(3)12(8-11)21-14(16)17;/h6-8,14H,4-5,9,18H2,1-3H3,(H,19,20);1H. The van der Waals surface area contributed by atoms with Crippen molar-refractivity contribution in [2.75, 3.05) is 11.9 Å². The summed E-state index contributed by atoms with van der Waals surface area (Å²) < 4.78 is 29.1. The molecule has 1 rings (SSSR count). The molecule has 7 heteroatoms. The van der Waals surface area contributed by atoms with Crippen molar-refractivity contribution >= 4 is 24.0 Å². The largest absolute Gasteiger partial charge is 0.434 e. The maximum absolute atomic E-state index is 12.4. The molecular weight excluding hydrogens is 314 g/mol. The molecule has 1 amide bonds. The van der Waals surface area contributed by atoms with Gasteiger partial charge in [0.2, 0.25) is 5.91 Å². The first-order chi connectivity index (χ1) is 9.88. The summed E-state index contributed by atoms with van der Waals surface area (Å²) in [5.41, 5.74) is 6.07. The summed E-state index contributed by atoms with van der Waals surface area (Å²) in [6, 6.07) is 4.67. The molecule has 1 aromatic rings. The summed E-state index contributed by atoms with van der Waals surface area (Å²) in [7, 11) is 0. The lowest BCUT2D eigenvalue weighted by Gasteiger charge is -2.28. The Bertz CT molecular complexity index is 486. The van der Waals surface area contributed by atoms with Gasteiger partial charge in [0.1, 0.15) is 5.75 Å². The number of halogens is 3. The van der Waals surface area contributed by atoms with Crippen LogP contribution in [0, 0.1) is 12.3 Å². The van der Waals surface area contributed by atoms with Crippen LogP contribution in [0.15, 0.2) is 18.2 Å². The van der Waals surface area contributed by atoms with Crippen LogP contribution in [0.2, 0.25) is 0 Å². The summed E-state index contributed by atoms with van der Waals surface area (Å²) in [4.78, 5) is 12.4. The summed E-state index contributed by atoms with van der Waals surface area (Å²) in [5, 5.41) is 2.73. The highest BCUT2D eigenvalue weighted by Gasteiger charge is 2.33. The lowest BCUT2D eigenvalue weighted by atomic mass is 9.81. The number of ether oxygens (including phenoxy) is 1. The van der Waals surface area contributed by atoms with E-state index < -0.39 is 12.0 Å². The molecule has 0 bridgehead atoms. The van der Waals surface area contributed by atoms with E-state index in [4.69, 9.17) is 5.73 Å². The number of rotatable bonds is 7. The smallest absolute Gasteiger partial charge is 0.387 e. The molecule has 0 spiro atoms. The predicted octanol–water partition coefficient (Wildman–Crippen LogP) is 3.72. The van der Waals surface area contributed by atoms with Crippen molar-refractivity contribution < 1.29 is 18.3 Å². The van der Waals surface area contributed by atoms with E-state index in [9.17, 15) is 13.6 Å². The van der Waals surface area contributed by atoms with Crippen LogP contribution in [0.3, 0.4) is 0 Å². The SMILES string of the molecule is CCC(CC)(CN)C(=O)Nc1ccc(C)c(OC(F)F)c1.Cl. The Labute approximate surface area is 135 Å². The monoisotopic (exact) mass is 336 g/mol. The Morgan fingerprint density at radius 3 is 2.41 bits per heavy atom. The Morgan fingerprint density at radius 1 is 1.36 bits per heavy atom. The molecule has 0 fully saturated rings. The van der Waals surface area contributed by atoms with Gasteiger partial charge < -0.3 is 15.8 Å². The van der Waals surface area contributed by atoms with E-state index in [-0.39, 0.29) is 30.6 Å². The van der Waals surface area contributed by atoms with Crippen LogP contribution < -0.4 is 15.8 Å². The first kappa shape index (κ1) is 20.6. The number of nitrogens with two attached hydrogens (primary N) is 1. The number of benzene rings is 1. The molecule has 0 saturated heterocycles. The van der Waals surface area contributed by atoms with E-state index in [1.54, 1.807) is 19.1 Å². The topological polar surface area (TPSA) is 64.4 Å². The molecule has 0 aliphatic rings. The lowest BCUT2D eigenvalue weighted by Crippen LogP contribution is -2.41. The molecule has 0 saturated carbocycles. The molecule has 0 atom stereocenters. The highest BCUT2D eigenvalue weighted by atomic mass is 35.5. The molecule has 0 aliphatic heterocycles. The normalized spacial score (nSPS) is 11.0. The van der Waals surface area contributed by atoms with E-state index in [0.717, 1.165) is 0 Å². The Balaban J connectivity index is 0.00000441. The van der Waals surface area contributed by atoms with Crippen molar-refractivity contribution in [1.29, 1.82) is 0 Å². The maximum atomic E-state index is 12.4. The number of carbonyl (C=O) groups excluding carboxylic acids is 1. The second kappa shape index (κ2) is 8.90. The van der Waals surface area contributed by atoms with E-state index >= 15 is 0 Å². The molecule has 22 heavy (non-hydrogen) atoms. The number of amides is 1.